The van der Waals surface area contributed by atoms with Gasteiger partial charge in [0.25, 0.3) is 0 Å². The highest BCUT2D eigenvalue weighted by Gasteiger charge is 2.35. The molecule has 2 heterocycles. The van der Waals surface area contributed by atoms with E-state index in [0.29, 0.717) is 36.4 Å². The number of nitrogens with zero attached hydrogens (tertiary/aromatic N) is 2. The highest BCUT2D eigenvalue weighted by atomic mass is 16.5. The lowest BCUT2D eigenvalue weighted by atomic mass is 10.1. The number of benzene rings is 1. The predicted molar refractivity (Wildman–Crippen MR) is 71.7 cm³/mol. The second-order valence-corrected chi connectivity index (χ2v) is 4.68. The molecule has 2 aliphatic rings. The summed E-state index contributed by atoms with van der Waals surface area (Å²) >= 11 is 0. The number of cyclic esters (lactones) is 1. The summed E-state index contributed by atoms with van der Waals surface area (Å²) in [5.41, 5.74) is 1.51. The van der Waals surface area contributed by atoms with Crippen molar-refractivity contribution in [3.05, 3.63) is 29.8 Å². The fourth-order valence-corrected chi connectivity index (χ4v) is 2.49. The zero-order valence-corrected chi connectivity index (χ0v) is 11.0. The van der Waals surface area contributed by atoms with Gasteiger partial charge in [0.2, 0.25) is 0 Å². The number of ether oxygens (including phenoxy) is 2. The molecular weight excluding hydrogens is 260 g/mol. The Balaban J connectivity index is 2.04. The van der Waals surface area contributed by atoms with E-state index in [9.17, 15) is 9.59 Å². The number of carbonyl (C=O) groups is 2. The summed E-state index contributed by atoms with van der Waals surface area (Å²) < 4.78 is 9.92. The van der Waals surface area contributed by atoms with Crippen molar-refractivity contribution in [3.63, 3.8) is 0 Å². The SMILES string of the molecule is COC(=O)C1=NN2c3ccccc3C(=O)OCC[C@@H]2C1. The third kappa shape index (κ3) is 2.03. The Kier molecular flexibility index (Phi) is 3.14. The second-order valence-electron chi connectivity index (χ2n) is 4.68. The van der Waals surface area contributed by atoms with Gasteiger partial charge in [-0.05, 0) is 12.1 Å². The van der Waals surface area contributed by atoms with Crippen LogP contribution in [0.15, 0.2) is 29.4 Å². The van der Waals surface area contributed by atoms with E-state index in [4.69, 9.17) is 9.47 Å². The molecule has 104 valence electrons. The lowest BCUT2D eigenvalue weighted by molar-refractivity contribution is -0.132. The topological polar surface area (TPSA) is 68.2 Å². The normalized spacial score (nSPS) is 21.1. The molecule has 6 nitrogen and oxygen atoms in total. The van der Waals surface area contributed by atoms with E-state index < -0.39 is 5.97 Å². The summed E-state index contributed by atoms with van der Waals surface area (Å²) in [6.45, 7) is 0.318. The van der Waals surface area contributed by atoms with Crippen LogP contribution in [-0.4, -0.2) is 37.4 Å². The zero-order valence-electron chi connectivity index (χ0n) is 11.0. The van der Waals surface area contributed by atoms with Crippen LogP contribution in [0.5, 0.6) is 0 Å². The lowest BCUT2D eigenvalue weighted by Gasteiger charge is -2.27. The monoisotopic (exact) mass is 274 g/mol. The van der Waals surface area contributed by atoms with Gasteiger partial charge in [0, 0.05) is 12.8 Å². The van der Waals surface area contributed by atoms with Crippen molar-refractivity contribution in [1.82, 2.24) is 0 Å². The van der Waals surface area contributed by atoms with E-state index in [2.05, 4.69) is 5.10 Å². The standard InChI is InChI=1S/C14H14N2O4/c1-19-14(18)11-8-9-6-7-20-13(17)10-4-2-3-5-12(10)16(9)15-11/h2-5,9H,6-8H2,1H3/t9-/m1/s1. The quantitative estimate of drug-likeness (QED) is 0.723. The molecular formula is C14H14N2O4. The number of carbonyl (C=O) groups excluding carboxylic acids is 2. The Morgan fingerprint density at radius 3 is 3.05 bits per heavy atom. The summed E-state index contributed by atoms with van der Waals surface area (Å²) in [6.07, 6.45) is 1.13. The molecule has 0 N–H and O–H groups in total. The molecule has 1 atom stereocenters. The van der Waals surface area contributed by atoms with Crippen molar-refractivity contribution in [1.29, 1.82) is 0 Å². The molecule has 0 radical (unpaired) electrons. The van der Waals surface area contributed by atoms with Crippen LogP contribution in [0.3, 0.4) is 0 Å². The van der Waals surface area contributed by atoms with E-state index in [0.717, 1.165) is 0 Å². The Morgan fingerprint density at radius 1 is 1.45 bits per heavy atom. The molecule has 3 rings (SSSR count). The van der Waals surface area contributed by atoms with E-state index in [1.807, 2.05) is 6.07 Å². The van der Waals surface area contributed by atoms with Gasteiger partial charge in [0.1, 0.15) is 5.71 Å². The van der Waals surface area contributed by atoms with Crippen molar-refractivity contribution in [2.24, 2.45) is 5.10 Å². The smallest absolute Gasteiger partial charge is 0.354 e. The van der Waals surface area contributed by atoms with Crippen LogP contribution in [0.4, 0.5) is 5.69 Å². The number of rotatable bonds is 1. The first-order chi connectivity index (χ1) is 9.70. The molecule has 0 saturated heterocycles. The van der Waals surface area contributed by atoms with Crippen LogP contribution in [0.1, 0.15) is 23.2 Å². The Morgan fingerprint density at radius 2 is 2.25 bits per heavy atom. The molecule has 1 aromatic carbocycles. The molecule has 0 aromatic heterocycles. The van der Waals surface area contributed by atoms with Gasteiger partial charge in [-0.15, -0.1) is 0 Å². The minimum atomic E-state index is -0.429. The Bertz CT molecular complexity index is 597. The maximum atomic E-state index is 11.9. The van der Waals surface area contributed by atoms with E-state index in [-0.39, 0.29) is 12.0 Å². The molecule has 0 amide bonds. The lowest BCUT2D eigenvalue weighted by Crippen LogP contribution is -2.32. The number of esters is 2. The predicted octanol–water partition coefficient (Wildman–Crippen LogP) is 1.35. The molecule has 0 aliphatic carbocycles. The van der Waals surface area contributed by atoms with Crippen molar-refractivity contribution < 1.29 is 19.1 Å². The average molecular weight is 274 g/mol. The first-order valence-electron chi connectivity index (χ1n) is 6.42. The molecule has 0 saturated carbocycles. The average Bonchev–Trinajstić information content (AvgIpc) is 2.88. The minimum absolute atomic E-state index is 0.0124. The van der Waals surface area contributed by atoms with E-state index in [1.54, 1.807) is 23.2 Å². The number of hydrogen-bond acceptors (Lipinski definition) is 6. The number of methoxy groups -OCH3 is 1. The Hall–Kier alpha value is -2.37. The summed E-state index contributed by atoms with van der Waals surface area (Å²) in [4.78, 5) is 23.6. The van der Waals surface area contributed by atoms with Crippen LogP contribution in [-0.2, 0) is 14.3 Å². The number of fused-ring (bicyclic) bond motifs is 3. The molecule has 0 unspecified atom stereocenters. The van der Waals surface area contributed by atoms with E-state index in [1.165, 1.54) is 7.11 Å². The maximum absolute atomic E-state index is 11.9. The van der Waals surface area contributed by atoms with Crippen LogP contribution < -0.4 is 5.01 Å². The van der Waals surface area contributed by atoms with Crippen molar-refractivity contribution in [3.8, 4) is 0 Å². The fourth-order valence-electron chi connectivity index (χ4n) is 2.49. The first-order valence-corrected chi connectivity index (χ1v) is 6.42. The van der Waals surface area contributed by atoms with Crippen molar-refractivity contribution in [2.45, 2.75) is 18.9 Å². The third-order valence-corrected chi connectivity index (χ3v) is 3.48. The fraction of sp³-hybridized carbons (Fsp3) is 0.357. The largest absolute Gasteiger partial charge is 0.464 e. The van der Waals surface area contributed by atoms with Gasteiger partial charge < -0.3 is 9.47 Å². The van der Waals surface area contributed by atoms with Crippen molar-refractivity contribution >= 4 is 23.3 Å². The van der Waals surface area contributed by atoms with Gasteiger partial charge >= 0.3 is 11.9 Å². The van der Waals surface area contributed by atoms with Gasteiger partial charge in [-0.1, -0.05) is 12.1 Å². The molecule has 0 bridgehead atoms. The highest BCUT2D eigenvalue weighted by molar-refractivity contribution is 6.37. The number of hydrazone groups is 1. The third-order valence-electron chi connectivity index (χ3n) is 3.48. The molecule has 6 heteroatoms. The number of para-hydroxylation sites is 1. The summed E-state index contributed by atoms with van der Waals surface area (Å²) in [6, 6.07) is 7.12. The second kappa shape index (κ2) is 4.96. The zero-order chi connectivity index (χ0) is 14.1. The van der Waals surface area contributed by atoms with Gasteiger partial charge in [0.05, 0.1) is 31.0 Å². The van der Waals surface area contributed by atoms with Gasteiger partial charge in [-0.3, -0.25) is 5.01 Å². The summed E-state index contributed by atoms with van der Waals surface area (Å²) in [5.74, 6) is -0.790. The number of hydrogen-bond donors (Lipinski definition) is 0. The summed E-state index contributed by atoms with van der Waals surface area (Å²) in [5, 5.41) is 6.06. The molecule has 1 aromatic rings. The number of anilines is 1. The molecule has 20 heavy (non-hydrogen) atoms. The van der Waals surface area contributed by atoms with Crippen LogP contribution in [0, 0.1) is 0 Å². The Labute approximate surface area is 116 Å². The van der Waals surface area contributed by atoms with Crippen molar-refractivity contribution in [2.75, 3.05) is 18.7 Å². The molecule has 0 fully saturated rings. The molecule has 0 spiro atoms. The summed E-state index contributed by atoms with van der Waals surface area (Å²) in [7, 11) is 1.33. The molecule has 2 aliphatic heterocycles. The van der Waals surface area contributed by atoms with Crippen LogP contribution in [0.2, 0.25) is 0 Å². The van der Waals surface area contributed by atoms with Gasteiger partial charge in [-0.2, -0.15) is 5.10 Å². The van der Waals surface area contributed by atoms with E-state index >= 15 is 0 Å². The highest BCUT2D eigenvalue weighted by Crippen LogP contribution is 2.31. The minimum Gasteiger partial charge on any atom is -0.464 e. The first kappa shape index (κ1) is 12.7. The van der Waals surface area contributed by atoms with Crippen LogP contribution in [0.25, 0.3) is 0 Å². The van der Waals surface area contributed by atoms with Gasteiger partial charge in [0.15, 0.2) is 0 Å². The van der Waals surface area contributed by atoms with Gasteiger partial charge in [-0.25, -0.2) is 9.59 Å². The maximum Gasteiger partial charge on any atom is 0.354 e. The van der Waals surface area contributed by atoms with Crippen LogP contribution >= 0.6 is 0 Å².